The molecule has 11 heavy (non-hydrogen) atoms. The van der Waals surface area contributed by atoms with E-state index in [1.54, 1.807) is 24.3 Å². The first-order valence-corrected chi connectivity index (χ1v) is 3.21. The summed E-state index contributed by atoms with van der Waals surface area (Å²) in [5.74, 6) is 0.265. The number of halogens is 1. The zero-order valence-electron chi connectivity index (χ0n) is 6.03. The molecule has 3 heteroatoms. The molecule has 1 aromatic rings. The molecule has 1 rings (SSSR count). The Kier molecular flexibility index (Phi) is 4.66. The Balaban J connectivity index is 0.000001000. The standard InChI is InChI=1S/C8H10O2.ClH/c9-6-5-7-1-3-8(10)4-2-7;/h1-4,9-10H,5-6H2;1H. The maximum Gasteiger partial charge on any atom is 0.115 e. The van der Waals surface area contributed by atoms with Gasteiger partial charge < -0.3 is 10.2 Å². The van der Waals surface area contributed by atoms with Crippen molar-refractivity contribution in [3.63, 3.8) is 0 Å². The largest absolute Gasteiger partial charge is 0.508 e. The number of rotatable bonds is 2. The normalized spacial score (nSPS) is 8.82. The van der Waals surface area contributed by atoms with Crippen LogP contribution in [0.15, 0.2) is 24.3 Å². The van der Waals surface area contributed by atoms with Crippen LogP contribution >= 0.6 is 12.4 Å². The Labute approximate surface area is 71.9 Å². The zero-order valence-corrected chi connectivity index (χ0v) is 6.84. The van der Waals surface area contributed by atoms with E-state index in [1.807, 2.05) is 0 Å². The Morgan fingerprint density at radius 3 is 2.09 bits per heavy atom. The van der Waals surface area contributed by atoms with Gasteiger partial charge in [0.15, 0.2) is 0 Å². The van der Waals surface area contributed by atoms with E-state index in [9.17, 15) is 0 Å². The molecule has 0 aliphatic rings. The summed E-state index contributed by atoms with van der Waals surface area (Å²) in [6, 6.07) is 6.83. The molecule has 2 nitrogen and oxygen atoms in total. The maximum absolute atomic E-state index is 8.86. The first-order valence-electron chi connectivity index (χ1n) is 3.21. The Bertz CT molecular complexity index is 196. The summed E-state index contributed by atoms with van der Waals surface area (Å²) in [4.78, 5) is 0. The third-order valence-electron chi connectivity index (χ3n) is 1.34. The quantitative estimate of drug-likeness (QED) is 0.711. The van der Waals surface area contributed by atoms with Crippen molar-refractivity contribution in [2.75, 3.05) is 6.61 Å². The molecule has 0 bridgehead atoms. The fraction of sp³-hybridized carbons (Fsp3) is 0.250. The highest BCUT2D eigenvalue weighted by Gasteiger charge is 1.90. The van der Waals surface area contributed by atoms with Crippen LogP contribution in [-0.2, 0) is 6.42 Å². The predicted octanol–water partition coefficient (Wildman–Crippen LogP) is 1.35. The lowest BCUT2D eigenvalue weighted by molar-refractivity contribution is 0.299. The summed E-state index contributed by atoms with van der Waals surface area (Å²) in [5, 5.41) is 17.4. The van der Waals surface area contributed by atoms with Crippen molar-refractivity contribution in [3.8, 4) is 5.75 Å². The van der Waals surface area contributed by atoms with Gasteiger partial charge in [0.25, 0.3) is 0 Å². The highest BCUT2D eigenvalue weighted by molar-refractivity contribution is 5.85. The minimum Gasteiger partial charge on any atom is -0.508 e. The average molecular weight is 175 g/mol. The van der Waals surface area contributed by atoms with E-state index in [2.05, 4.69) is 0 Å². The SMILES string of the molecule is Cl.OCCc1ccc(O)cc1. The zero-order chi connectivity index (χ0) is 7.40. The first kappa shape index (κ1) is 10.3. The van der Waals surface area contributed by atoms with Crippen molar-refractivity contribution in [2.45, 2.75) is 6.42 Å². The van der Waals surface area contributed by atoms with Gasteiger partial charge in [-0.15, -0.1) is 12.4 Å². The van der Waals surface area contributed by atoms with Crippen LogP contribution in [-0.4, -0.2) is 16.8 Å². The molecule has 62 valence electrons. The summed E-state index contributed by atoms with van der Waals surface area (Å²) in [6.45, 7) is 0.158. The number of phenols is 1. The molecule has 0 fully saturated rings. The summed E-state index contributed by atoms with van der Waals surface area (Å²) in [5.41, 5.74) is 1.04. The van der Waals surface area contributed by atoms with Crippen molar-refractivity contribution in [1.29, 1.82) is 0 Å². The van der Waals surface area contributed by atoms with Gasteiger partial charge in [-0.1, -0.05) is 12.1 Å². The van der Waals surface area contributed by atoms with E-state index in [4.69, 9.17) is 10.2 Å². The lowest BCUT2D eigenvalue weighted by Crippen LogP contribution is -1.88. The second kappa shape index (κ2) is 4.99. The molecule has 0 saturated heterocycles. The number of hydrogen-bond acceptors (Lipinski definition) is 2. The molecule has 1 aromatic carbocycles. The van der Waals surface area contributed by atoms with Gasteiger partial charge in [0, 0.05) is 6.61 Å². The number of hydrogen-bond donors (Lipinski definition) is 2. The van der Waals surface area contributed by atoms with Gasteiger partial charge in [0.2, 0.25) is 0 Å². The molecule has 0 atom stereocenters. The third kappa shape index (κ3) is 3.25. The molecule has 2 N–H and O–H groups in total. The fourth-order valence-electron chi connectivity index (χ4n) is 0.792. The Hall–Kier alpha value is -0.730. The molecule has 0 aliphatic heterocycles. The van der Waals surface area contributed by atoms with E-state index in [-0.39, 0.29) is 24.8 Å². The number of aromatic hydroxyl groups is 1. The van der Waals surface area contributed by atoms with Crippen molar-refractivity contribution >= 4 is 12.4 Å². The fourth-order valence-corrected chi connectivity index (χ4v) is 0.792. The third-order valence-corrected chi connectivity index (χ3v) is 1.34. The molecule has 0 aliphatic carbocycles. The second-order valence-corrected chi connectivity index (χ2v) is 2.14. The predicted molar refractivity (Wildman–Crippen MR) is 46.1 cm³/mol. The first-order chi connectivity index (χ1) is 4.83. The molecule has 0 radical (unpaired) electrons. The molecule has 0 saturated carbocycles. The van der Waals surface area contributed by atoms with Crippen LogP contribution in [0.3, 0.4) is 0 Å². The van der Waals surface area contributed by atoms with Crippen LogP contribution in [0.2, 0.25) is 0 Å². The Morgan fingerprint density at radius 2 is 1.64 bits per heavy atom. The van der Waals surface area contributed by atoms with Crippen molar-refractivity contribution < 1.29 is 10.2 Å². The van der Waals surface area contributed by atoms with Crippen LogP contribution in [0.5, 0.6) is 5.75 Å². The Morgan fingerprint density at radius 1 is 1.09 bits per heavy atom. The van der Waals surface area contributed by atoms with Gasteiger partial charge in [-0.3, -0.25) is 0 Å². The highest BCUT2D eigenvalue weighted by Crippen LogP contribution is 2.09. The van der Waals surface area contributed by atoms with Gasteiger partial charge >= 0.3 is 0 Å². The number of phenolic OH excluding ortho intramolecular Hbond substituents is 1. The van der Waals surface area contributed by atoms with Crippen LogP contribution in [0.25, 0.3) is 0 Å². The minimum absolute atomic E-state index is 0. The summed E-state index contributed by atoms with van der Waals surface area (Å²) in [7, 11) is 0. The smallest absolute Gasteiger partial charge is 0.115 e. The van der Waals surface area contributed by atoms with Gasteiger partial charge in [-0.25, -0.2) is 0 Å². The monoisotopic (exact) mass is 174 g/mol. The van der Waals surface area contributed by atoms with Gasteiger partial charge in [-0.2, -0.15) is 0 Å². The number of benzene rings is 1. The molecule has 0 spiro atoms. The van der Waals surface area contributed by atoms with E-state index in [0.29, 0.717) is 6.42 Å². The van der Waals surface area contributed by atoms with Crippen molar-refractivity contribution in [3.05, 3.63) is 29.8 Å². The molecular formula is C8H11ClO2. The maximum atomic E-state index is 8.86. The lowest BCUT2D eigenvalue weighted by Gasteiger charge is -1.96. The van der Waals surface area contributed by atoms with E-state index < -0.39 is 0 Å². The van der Waals surface area contributed by atoms with E-state index >= 15 is 0 Å². The lowest BCUT2D eigenvalue weighted by atomic mass is 10.2. The summed E-state index contributed by atoms with van der Waals surface area (Å²) in [6.07, 6.45) is 0.653. The molecule has 0 aromatic heterocycles. The van der Waals surface area contributed by atoms with Crippen molar-refractivity contribution in [1.82, 2.24) is 0 Å². The van der Waals surface area contributed by atoms with Crippen LogP contribution in [0, 0.1) is 0 Å². The summed E-state index contributed by atoms with van der Waals surface area (Å²) < 4.78 is 0. The summed E-state index contributed by atoms with van der Waals surface area (Å²) >= 11 is 0. The van der Waals surface area contributed by atoms with Crippen molar-refractivity contribution in [2.24, 2.45) is 0 Å². The molecule has 0 heterocycles. The van der Waals surface area contributed by atoms with Crippen LogP contribution < -0.4 is 0 Å². The van der Waals surface area contributed by atoms with Crippen LogP contribution in [0.1, 0.15) is 5.56 Å². The van der Waals surface area contributed by atoms with Gasteiger partial charge in [-0.05, 0) is 24.1 Å². The minimum atomic E-state index is 0. The highest BCUT2D eigenvalue weighted by atomic mass is 35.5. The van der Waals surface area contributed by atoms with Gasteiger partial charge in [0.1, 0.15) is 5.75 Å². The topological polar surface area (TPSA) is 40.5 Å². The molecular weight excluding hydrogens is 164 g/mol. The molecule has 0 unspecified atom stereocenters. The van der Waals surface area contributed by atoms with E-state index in [1.165, 1.54) is 0 Å². The number of aliphatic hydroxyl groups is 1. The second-order valence-electron chi connectivity index (χ2n) is 2.14. The molecule has 0 amide bonds. The average Bonchev–Trinajstić information content (AvgIpc) is 1.95. The number of aliphatic hydroxyl groups excluding tert-OH is 1. The van der Waals surface area contributed by atoms with E-state index in [0.717, 1.165) is 5.56 Å². The van der Waals surface area contributed by atoms with Crippen LogP contribution in [0.4, 0.5) is 0 Å². The van der Waals surface area contributed by atoms with Gasteiger partial charge in [0.05, 0.1) is 0 Å².